The number of carbonyl (C=O) groups is 1. The van der Waals surface area contributed by atoms with Crippen molar-refractivity contribution < 1.29 is 18.0 Å². The highest BCUT2D eigenvalue weighted by Crippen LogP contribution is 2.23. The third-order valence-electron chi connectivity index (χ3n) is 3.63. The van der Waals surface area contributed by atoms with Crippen LogP contribution in [0.25, 0.3) is 0 Å². The molecule has 0 radical (unpaired) electrons. The average Bonchev–Trinajstić information content (AvgIpc) is 2.55. The van der Waals surface area contributed by atoms with E-state index in [0.29, 0.717) is 5.56 Å². The van der Waals surface area contributed by atoms with Crippen LogP contribution in [0.4, 0.5) is 18.0 Å². The van der Waals surface area contributed by atoms with Crippen LogP contribution in [0.3, 0.4) is 0 Å². The first-order valence-electron chi connectivity index (χ1n) is 7.59. The van der Waals surface area contributed by atoms with E-state index >= 15 is 0 Å². The van der Waals surface area contributed by atoms with E-state index in [9.17, 15) is 18.0 Å². The van der Waals surface area contributed by atoms with Gasteiger partial charge in [-0.2, -0.15) is 13.2 Å². The highest BCUT2D eigenvalue weighted by molar-refractivity contribution is 5.74. The third kappa shape index (κ3) is 5.30. The molecule has 128 valence electrons. The molecule has 2 aromatic rings. The Balaban J connectivity index is 2.00. The molecule has 0 aromatic heterocycles. The summed E-state index contributed by atoms with van der Waals surface area (Å²) in [5.74, 6) is 0. The van der Waals surface area contributed by atoms with E-state index in [-0.39, 0.29) is 6.42 Å². The van der Waals surface area contributed by atoms with Gasteiger partial charge in [0.25, 0.3) is 0 Å². The van der Waals surface area contributed by atoms with E-state index < -0.39 is 24.3 Å². The number of rotatable bonds is 5. The standard InChI is InChI=1S/C18H19F3N2O/c1-13(15-10-6-3-7-11-15)22-17(24)23-16(18(19,20)21)12-14-8-4-2-5-9-14/h2-11,13,16H,12H2,1H3,(H2,22,23,24). The number of halogens is 3. The van der Waals surface area contributed by atoms with E-state index in [1.165, 1.54) is 0 Å². The first kappa shape index (κ1) is 17.8. The van der Waals surface area contributed by atoms with E-state index in [0.717, 1.165) is 5.56 Å². The molecule has 24 heavy (non-hydrogen) atoms. The zero-order valence-electron chi connectivity index (χ0n) is 13.2. The van der Waals surface area contributed by atoms with Crippen LogP contribution >= 0.6 is 0 Å². The molecular weight excluding hydrogens is 317 g/mol. The van der Waals surface area contributed by atoms with Crippen LogP contribution in [0.2, 0.25) is 0 Å². The van der Waals surface area contributed by atoms with Crippen molar-refractivity contribution in [2.75, 3.05) is 0 Å². The number of urea groups is 1. The molecule has 2 aromatic carbocycles. The van der Waals surface area contributed by atoms with Crippen LogP contribution in [0.5, 0.6) is 0 Å². The van der Waals surface area contributed by atoms with Gasteiger partial charge in [0.1, 0.15) is 6.04 Å². The molecule has 2 amide bonds. The summed E-state index contributed by atoms with van der Waals surface area (Å²) in [6, 6.07) is 14.1. The lowest BCUT2D eigenvalue weighted by Gasteiger charge is -2.23. The molecule has 2 N–H and O–H groups in total. The second-order valence-electron chi connectivity index (χ2n) is 5.53. The lowest BCUT2D eigenvalue weighted by atomic mass is 10.1. The van der Waals surface area contributed by atoms with Gasteiger partial charge < -0.3 is 10.6 Å². The van der Waals surface area contributed by atoms with Gasteiger partial charge in [0.05, 0.1) is 6.04 Å². The zero-order valence-corrected chi connectivity index (χ0v) is 13.2. The average molecular weight is 336 g/mol. The quantitative estimate of drug-likeness (QED) is 0.843. The summed E-state index contributed by atoms with van der Waals surface area (Å²) in [7, 11) is 0. The number of hydrogen-bond donors (Lipinski definition) is 2. The molecule has 6 heteroatoms. The predicted octanol–water partition coefficient (Wildman–Crippen LogP) is 4.22. The minimum absolute atomic E-state index is 0.308. The molecule has 0 saturated heterocycles. The summed E-state index contributed by atoms with van der Waals surface area (Å²) in [5.41, 5.74) is 1.33. The maximum Gasteiger partial charge on any atom is 0.408 e. The lowest BCUT2D eigenvalue weighted by Crippen LogP contribution is -2.50. The molecule has 0 heterocycles. The molecule has 2 unspecified atom stereocenters. The maximum atomic E-state index is 13.2. The molecule has 0 fully saturated rings. The number of hydrogen-bond acceptors (Lipinski definition) is 1. The van der Waals surface area contributed by atoms with Crippen molar-refractivity contribution in [1.29, 1.82) is 0 Å². The van der Waals surface area contributed by atoms with E-state index in [1.807, 2.05) is 11.4 Å². The van der Waals surface area contributed by atoms with Gasteiger partial charge in [-0.1, -0.05) is 60.7 Å². The molecule has 0 saturated carbocycles. The topological polar surface area (TPSA) is 41.1 Å². The van der Waals surface area contributed by atoms with Crippen molar-refractivity contribution in [2.24, 2.45) is 0 Å². The fourth-order valence-corrected chi connectivity index (χ4v) is 2.32. The number of carbonyl (C=O) groups excluding carboxylic acids is 1. The summed E-state index contributed by atoms with van der Waals surface area (Å²) in [6.07, 6.45) is -4.83. The first-order valence-corrected chi connectivity index (χ1v) is 7.59. The number of nitrogens with one attached hydrogen (secondary N) is 2. The Bertz CT molecular complexity index is 644. The molecule has 0 spiro atoms. The van der Waals surface area contributed by atoms with Crippen LogP contribution in [-0.2, 0) is 6.42 Å². The summed E-state index contributed by atoms with van der Waals surface area (Å²) >= 11 is 0. The number of alkyl halides is 3. The molecule has 0 aliphatic rings. The van der Waals surface area contributed by atoms with Crippen LogP contribution in [0.1, 0.15) is 24.1 Å². The Morgan fingerprint density at radius 1 is 0.958 bits per heavy atom. The van der Waals surface area contributed by atoms with Gasteiger partial charge in [0.15, 0.2) is 0 Å². The van der Waals surface area contributed by atoms with Gasteiger partial charge >= 0.3 is 12.2 Å². The maximum absolute atomic E-state index is 13.2. The zero-order chi connectivity index (χ0) is 17.6. The van der Waals surface area contributed by atoms with E-state index in [1.54, 1.807) is 61.5 Å². The Kier molecular flexibility index (Phi) is 5.84. The molecule has 0 aliphatic carbocycles. The number of amides is 2. The van der Waals surface area contributed by atoms with E-state index in [4.69, 9.17) is 0 Å². The lowest BCUT2D eigenvalue weighted by molar-refractivity contribution is -0.152. The van der Waals surface area contributed by atoms with Crippen LogP contribution in [-0.4, -0.2) is 18.2 Å². The largest absolute Gasteiger partial charge is 0.408 e. The van der Waals surface area contributed by atoms with Crippen LogP contribution in [0, 0.1) is 0 Å². The van der Waals surface area contributed by atoms with E-state index in [2.05, 4.69) is 5.32 Å². The van der Waals surface area contributed by atoms with Crippen molar-refractivity contribution >= 4 is 6.03 Å². The highest BCUT2D eigenvalue weighted by Gasteiger charge is 2.40. The summed E-state index contributed by atoms with van der Waals surface area (Å²) in [6.45, 7) is 1.72. The Hall–Kier alpha value is -2.50. The minimum Gasteiger partial charge on any atom is -0.332 e. The summed E-state index contributed by atoms with van der Waals surface area (Å²) in [4.78, 5) is 12.0. The van der Waals surface area contributed by atoms with Gasteiger partial charge in [0.2, 0.25) is 0 Å². The van der Waals surface area contributed by atoms with Crippen molar-refractivity contribution in [3.8, 4) is 0 Å². The highest BCUT2D eigenvalue weighted by atomic mass is 19.4. The Morgan fingerprint density at radius 2 is 1.50 bits per heavy atom. The second kappa shape index (κ2) is 7.86. The smallest absolute Gasteiger partial charge is 0.332 e. The third-order valence-corrected chi connectivity index (χ3v) is 3.63. The van der Waals surface area contributed by atoms with Gasteiger partial charge in [-0.3, -0.25) is 0 Å². The fraction of sp³-hybridized carbons (Fsp3) is 0.278. The summed E-state index contributed by atoms with van der Waals surface area (Å²) in [5, 5.41) is 4.57. The second-order valence-corrected chi connectivity index (χ2v) is 5.53. The molecule has 3 nitrogen and oxygen atoms in total. The minimum atomic E-state index is -4.52. The summed E-state index contributed by atoms with van der Waals surface area (Å²) < 4.78 is 39.6. The monoisotopic (exact) mass is 336 g/mol. The van der Waals surface area contributed by atoms with Crippen LogP contribution in [0.15, 0.2) is 60.7 Å². The van der Waals surface area contributed by atoms with Crippen molar-refractivity contribution in [2.45, 2.75) is 31.6 Å². The van der Waals surface area contributed by atoms with Crippen molar-refractivity contribution in [3.05, 3.63) is 71.8 Å². The molecular formula is C18H19F3N2O. The Labute approximate surface area is 138 Å². The van der Waals surface area contributed by atoms with Crippen LogP contribution < -0.4 is 10.6 Å². The molecule has 2 rings (SSSR count). The van der Waals surface area contributed by atoms with Gasteiger partial charge in [-0.25, -0.2) is 4.79 Å². The Morgan fingerprint density at radius 3 is 2.04 bits per heavy atom. The van der Waals surface area contributed by atoms with Crippen molar-refractivity contribution in [1.82, 2.24) is 10.6 Å². The molecule has 2 atom stereocenters. The van der Waals surface area contributed by atoms with Gasteiger partial charge in [-0.15, -0.1) is 0 Å². The SMILES string of the molecule is CC(NC(=O)NC(Cc1ccccc1)C(F)(F)F)c1ccccc1. The first-order chi connectivity index (χ1) is 11.4. The normalized spacial score (nSPS) is 13.8. The number of benzene rings is 2. The molecule has 0 bridgehead atoms. The predicted molar refractivity (Wildman–Crippen MR) is 86.5 cm³/mol. The van der Waals surface area contributed by atoms with Gasteiger partial charge in [-0.05, 0) is 18.1 Å². The molecule has 0 aliphatic heterocycles. The fourth-order valence-electron chi connectivity index (χ4n) is 2.32. The van der Waals surface area contributed by atoms with Gasteiger partial charge in [0, 0.05) is 6.42 Å². The van der Waals surface area contributed by atoms with Crippen molar-refractivity contribution in [3.63, 3.8) is 0 Å².